The van der Waals surface area contributed by atoms with Crippen LogP contribution in [0.1, 0.15) is 5.69 Å². The molecule has 0 aliphatic heterocycles. The summed E-state index contributed by atoms with van der Waals surface area (Å²) in [5.41, 5.74) is 1.74. The van der Waals surface area contributed by atoms with Crippen molar-refractivity contribution < 1.29 is 4.42 Å². The molecule has 0 amide bonds. The molecule has 25 heavy (non-hydrogen) atoms. The van der Waals surface area contributed by atoms with Crippen LogP contribution in [0.5, 0.6) is 0 Å². The molecule has 0 atom stereocenters. The first-order chi connectivity index (χ1) is 12.2. The fraction of sp³-hybridized carbons (Fsp3) is 0.118. The first-order valence-corrected chi connectivity index (χ1v) is 9.72. The highest BCUT2D eigenvalue weighted by Gasteiger charge is 2.15. The molecule has 0 spiro atoms. The third-order valence-electron chi connectivity index (χ3n) is 3.58. The van der Waals surface area contributed by atoms with Crippen LogP contribution in [-0.4, -0.2) is 19.7 Å². The largest absolute Gasteiger partial charge is 0.444 e. The molecule has 0 N–H and O–H groups in total. The lowest BCUT2D eigenvalue weighted by molar-refractivity contribution is 0.575. The smallest absolute Gasteiger partial charge is 0.236 e. The molecule has 8 heteroatoms. The lowest BCUT2D eigenvalue weighted by Gasteiger charge is -2.04. The molecule has 0 fully saturated rings. The number of oxazole rings is 1. The van der Waals surface area contributed by atoms with Crippen molar-refractivity contribution in [3.8, 4) is 22.2 Å². The summed E-state index contributed by atoms with van der Waals surface area (Å²) in [6.07, 6.45) is 1.69. The molecule has 0 bridgehead atoms. The van der Waals surface area contributed by atoms with Gasteiger partial charge in [-0.05, 0) is 23.6 Å². The van der Waals surface area contributed by atoms with Gasteiger partial charge in [-0.1, -0.05) is 41.6 Å². The van der Waals surface area contributed by atoms with Crippen LogP contribution in [0, 0.1) is 0 Å². The Morgan fingerprint density at radius 3 is 2.88 bits per heavy atom. The maximum absolute atomic E-state index is 6.26. The minimum atomic E-state index is 0.653. The van der Waals surface area contributed by atoms with Gasteiger partial charge in [-0.2, -0.15) is 0 Å². The number of halogens is 1. The molecule has 0 unspecified atom stereocenters. The molecule has 1 aromatic carbocycles. The summed E-state index contributed by atoms with van der Waals surface area (Å²) in [4.78, 5) is 5.54. The van der Waals surface area contributed by atoms with Gasteiger partial charge >= 0.3 is 0 Å². The minimum Gasteiger partial charge on any atom is -0.444 e. The van der Waals surface area contributed by atoms with Crippen molar-refractivity contribution in [1.29, 1.82) is 0 Å². The topological polar surface area (TPSA) is 56.7 Å². The number of rotatable bonds is 5. The van der Waals surface area contributed by atoms with E-state index in [-0.39, 0.29) is 0 Å². The average Bonchev–Trinajstić information content (AvgIpc) is 3.35. The van der Waals surface area contributed by atoms with Gasteiger partial charge in [-0.3, -0.25) is 0 Å². The number of thioether (sulfide) groups is 1. The molecule has 3 aromatic heterocycles. The summed E-state index contributed by atoms with van der Waals surface area (Å²) in [6.45, 7) is 0. The van der Waals surface area contributed by atoms with Crippen LogP contribution in [0.15, 0.2) is 57.6 Å². The molecule has 4 aromatic rings. The van der Waals surface area contributed by atoms with Gasteiger partial charge < -0.3 is 8.98 Å². The normalized spacial score (nSPS) is 11.1. The van der Waals surface area contributed by atoms with Crippen LogP contribution in [0.3, 0.4) is 0 Å². The Kier molecular flexibility index (Phi) is 4.61. The van der Waals surface area contributed by atoms with Gasteiger partial charge in [0, 0.05) is 18.4 Å². The van der Waals surface area contributed by atoms with Crippen molar-refractivity contribution in [3.63, 3.8) is 0 Å². The van der Waals surface area contributed by atoms with Crippen molar-refractivity contribution in [2.24, 2.45) is 7.05 Å². The van der Waals surface area contributed by atoms with Crippen molar-refractivity contribution in [1.82, 2.24) is 19.7 Å². The molecule has 126 valence electrons. The van der Waals surface area contributed by atoms with Crippen LogP contribution >= 0.6 is 34.7 Å². The van der Waals surface area contributed by atoms with E-state index in [9.17, 15) is 0 Å². The lowest BCUT2D eigenvalue weighted by atomic mass is 10.2. The van der Waals surface area contributed by atoms with Crippen LogP contribution in [-0.2, 0) is 12.8 Å². The monoisotopic (exact) mass is 388 g/mol. The van der Waals surface area contributed by atoms with Crippen LogP contribution < -0.4 is 0 Å². The van der Waals surface area contributed by atoms with E-state index in [0.717, 1.165) is 27.1 Å². The molecule has 0 aliphatic carbocycles. The molecule has 0 saturated carbocycles. The maximum atomic E-state index is 6.26. The molecular formula is C17H13ClN4OS2. The van der Waals surface area contributed by atoms with E-state index in [1.807, 2.05) is 53.4 Å². The second kappa shape index (κ2) is 7.03. The van der Waals surface area contributed by atoms with Gasteiger partial charge in [0.1, 0.15) is 6.26 Å². The first-order valence-electron chi connectivity index (χ1n) is 7.48. The molecule has 4 rings (SSSR count). The summed E-state index contributed by atoms with van der Waals surface area (Å²) in [7, 11) is 1.93. The molecule has 5 nitrogen and oxygen atoms in total. The van der Waals surface area contributed by atoms with Crippen molar-refractivity contribution >= 4 is 34.7 Å². The van der Waals surface area contributed by atoms with E-state index in [4.69, 9.17) is 16.0 Å². The zero-order valence-corrected chi connectivity index (χ0v) is 15.6. The Hall–Kier alpha value is -2.09. The standard InChI is InChI=1S/C17H13ClN4OS2/c1-22-15(12-5-2-3-6-13(12)18)20-21-17(22)25-10-11-9-23-16(19-11)14-7-4-8-24-14/h2-9H,10H2,1H3. The molecule has 3 heterocycles. The van der Waals surface area contributed by atoms with E-state index in [1.165, 1.54) is 0 Å². The van der Waals surface area contributed by atoms with Crippen LogP contribution in [0.2, 0.25) is 5.02 Å². The Labute approximate surface area is 157 Å². The summed E-state index contributed by atoms with van der Waals surface area (Å²) in [5, 5.41) is 12.0. The van der Waals surface area contributed by atoms with Crippen LogP contribution in [0.25, 0.3) is 22.2 Å². The number of aromatic nitrogens is 4. The number of benzene rings is 1. The zero-order valence-electron chi connectivity index (χ0n) is 13.2. The Balaban J connectivity index is 1.50. The quantitative estimate of drug-likeness (QED) is 0.443. The summed E-state index contributed by atoms with van der Waals surface area (Å²) in [6, 6.07) is 11.6. The van der Waals surface area contributed by atoms with E-state index >= 15 is 0 Å². The fourth-order valence-electron chi connectivity index (χ4n) is 2.34. The molecule has 0 saturated heterocycles. The minimum absolute atomic E-state index is 0.653. The SMILES string of the molecule is Cn1c(SCc2coc(-c3cccs3)n2)nnc1-c1ccccc1Cl. The van der Waals surface area contributed by atoms with Crippen LogP contribution in [0.4, 0.5) is 0 Å². The Bertz CT molecular complexity index is 994. The number of nitrogens with zero attached hydrogens (tertiary/aromatic N) is 4. The van der Waals surface area contributed by atoms with E-state index in [2.05, 4.69) is 15.2 Å². The van der Waals surface area contributed by atoms with Gasteiger partial charge in [0.05, 0.1) is 15.6 Å². The van der Waals surface area contributed by atoms with Crippen molar-refractivity contribution in [3.05, 3.63) is 58.8 Å². The second-order valence-electron chi connectivity index (χ2n) is 5.26. The summed E-state index contributed by atoms with van der Waals surface area (Å²) >= 11 is 9.42. The Morgan fingerprint density at radius 2 is 2.08 bits per heavy atom. The van der Waals surface area contributed by atoms with Crippen molar-refractivity contribution in [2.45, 2.75) is 10.9 Å². The number of hydrogen-bond acceptors (Lipinski definition) is 6. The van der Waals surface area contributed by atoms with Crippen molar-refractivity contribution in [2.75, 3.05) is 0 Å². The number of thiophene rings is 1. The highest BCUT2D eigenvalue weighted by molar-refractivity contribution is 7.98. The molecule has 0 aliphatic rings. The predicted molar refractivity (Wildman–Crippen MR) is 101 cm³/mol. The van der Waals surface area contributed by atoms with Gasteiger partial charge in [-0.15, -0.1) is 21.5 Å². The summed E-state index contributed by atoms with van der Waals surface area (Å²) < 4.78 is 7.48. The van der Waals surface area contributed by atoms with Gasteiger partial charge in [0.2, 0.25) is 5.89 Å². The third kappa shape index (κ3) is 3.35. The Morgan fingerprint density at radius 1 is 1.20 bits per heavy atom. The highest BCUT2D eigenvalue weighted by atomic mass is 35.5. The molecule has 0 radical (unpaired) electrons. The first kappa shape index (κ1) is 16.4. The van der Waals surface area contributed by atoms with E-state index in [1.54, 1.807) is 29.4 Å². The number of hydrogen-bond donors (Lipinski definition) is 0. The average molecular weight is 389 g/mol. The second-order valence-corrected chi connectivity index (χ2v) is 7.55. The van der Waals surface area contributed by atoms with Gasteiger partial charge in [-0.25, -0.2) is 4.98 Å². The van der Waals surface area contributed by atoms with E-state index < -0.39 is 0 Å². The lowest BCUT2D eigenvalue weighted by Crippen LogP contribution is -1.95. The predicted octanol–water partition coefficient (Wildman–Crippen LogP) is 5.14. The molecular weight excluding hydrogens is 376 g/mol. The van der Waals surface area contributed by atoms with Gasteiger partial charge in [0.15, 0.2) is 11.0 Å². The van der Waals surface area contributed by atoms with Gasteiger partial charge in [0.25, 0.3) is 0 Å². The third-order valence-corrected chi connectivity index (χ3v) is 5.82. The highest BCUT2D eigenvalue weighted by Crippen LogP contribution is 2.30. The van der Waals surface area contributed by atoms with E-state index in [0.29, 0.717) is 16.7 Å². The zero-order chi connectivity index (χ0) is 17.2. The maximum Gasteiger partial charge on any atom is 0.236 e. The summed E-state index contributed by atoms with van der Waals surface area (Å²) in [5.74, 6) is 2.05. The fourth-order valence-corrected chi connectivity index (χ4v) is 4.01.